The van der Waals surface area contributed by atoms with Crippen LogP contribution in [0.3, 0.4) is 0 Å². The van der Waals surface area contributed by atoms with Gasteiger partial charge in [0.15, 0.2) is 0 Å². The van der Waals surface area contributed by atoms with Crippen molar-refractivity contribution in [3.05, 3.63) is 171 Å². The summed E-state index contributed by atoms with van der Waals surface area (Å²) in [6, 6.07) is 44.0. The van der Waals surface area contributed by atoms with Crippen LogP contribution in [0.2, 0.25) is 0 Å². The Bertz CT molecular complexity index is 2680. The van der Waals surface area contributed by atoms with E-state index in [9.17, 15) is 17.0 Å². The van der Waals surface area contributed by atoms with E-state index in [2.05, 4.69) is 197 Å². The number of hydrogen-bond acceptors (Lipinski definition) is 0. The Hall–Kier alpha value is -3.52. The van der Waals surface area contributed by atoms with Gasteiger partial charge < -0.3 is 0 Å². The summed E-state index contributed by atoms with van der Waals surface area (Å²) in [5, 5.41) is 2.98. The van der Waals surface area contributed by atoms with Crippen molar-refractivity contribution in [2.75, 3.05) is 0 Å². The molecular weight excluding hydrogens is 887 g/mol. The second-order valence-electron chi connectivity index (χ2n) is 19.6. The molecule has 4 atom stereocenters. The molecule has 6 aromatic rings. The van der Waals surface area contributed by atoms with Gasteiger partial charge in [0, 0.05) is 0 Å². The summed E-state index contributed by atoms with van der Waals surface area (Å²) in [6.45, 7) is 23.4. The van der Waals surface area contributed by atoms with Crippen LogP contribution < -0.4 is 13.6 Å². The molecule has 0 fully saturated rings. The molecule has 4 heteroatoms. The monoisotopic (exact) mass is 947 g/mol. The molecule has 4 unspecified atom stereocenters. The third-order valence-electron chi connectivity index (χ3n) is 15.4. The molecule has 9 rings (SSSR count). The van der Waals surface area contributed by atoms with Crippen LogP contribution in [0.15, 0.2) is 126 Å². The molecular formula is C58H63Cl2SiZr. The summed E-state index contributed by atoms with van der Waals surface area (Å²) < 4.78 is 1.08. The topological polar surface area (TPSA) is 0 Å². The van der Waals surface area contributed by atoms with Gasteiger partial charge in [0.05, 0.1) is 0 Å². The first-order chi connectivity index (χ1) is 29.7. The maximum atomic E-state index is 9.56. The van der Waals surface area contributed by atoms with E-state index in [0.29, 0.717) is 23.7 Å². The Morgan fingerprint density at radius 3 is 1.42 bits per heavy atom. The van der Waals surface area contributed by atoms with Gasteiger partial charge in [0.25, 0.3) is 0 Å². The first kappa shape index (κ1) is 43.7. The number of halogens is 2. The van der Waals surface area contributed by atoms with Crippen LogP contribution in [-0.2, 0) is 16.4 Å². The van der Waals surface area contributed by atoms with E-state index in [0.717, 1.165) is 12.8 Å². The first-order valence-corrected chi connectivity index (χ1v) is 35.2. The summed E-state index contributed by atoms with van der Waals surface area (Å²) in [7, 11) is 18.2. The van der Waals surface area contributed by atoms with E-state index in [1.54, 1.807) is 0 Å². The minimum absolute atomic E-state index is 0.115. The van der Waals surface area contributed by atoms with Gasteiger partial charge in [0.2, 0.25) is 0 Å². The number of fused-ring (bicyclic) bond motifs is 5. The van der Waals surface area contributed by atoms with Gasteiger partial charge >= 0.3 is 386 Å². The number of aryl methyl sites for hydroxylation is 2. The molecule has 0 bridgehead atoms. The average Bonchev–Trinajstić information content (AvgIpc) is 3.99. The van der Waals surface area contributed by atoms with Crippen LogP contribution in [0.5, 0.6) is 0 Å². The molecule has 3 aliphatic rings. The van der Waals surface area contributed by atoms with Crippen LogP contribution in [0.25, 0.3) is 45.5 Å². The van der Waals surface area contributed by atoms with Crippen LogP contribution in [0.4, 0.5) is 0 Å². The van der Waals surface area contributed by atoms with E-state index in [4.69, 9.17) is 0 Å². The molecule has 317 valence electrons. The molecule has 62 heavy (non-hydrogen) atoms. The fourth-order valence-electron chi connectivity index (χ4n) is 11.9. The van der Waals surface area contributed by atoms with Crippen molar-refractivity contribution >= 4 is 52.3 Å². The van der Waals surface area contributed by atoms with Gasteiger partial charge in [-0.1, -0.05) is 0 Å². The zero-order valence-electron chi connectivity index (χ0n) is 38.5. The fraction of sp³-hybridized carbons (Fsp3) is 0.310. The van der Waals surface area contributed by atoms with Gasteiger partial charge in [-0.15, -0.1) is 0 Å². The predicted octanol–water partition coefficient (Wildman–Crippen LogP) is 15.0. The summed E-state index contributed by atoms with van der Waals surface area (Å²) in [4.78, 5) is 0. The Morgan fingerprint density at radius 2 is 0.952 bits per heavy atom. The number of allylic oxidation sites excluding steroid dienone is 2. The Kier molecular flexibility index (Phi) is 11.6. The summed E-state index contributed by atoms with van der Waals surface area (Å²) in [5.74, 6) is 1.36. The summed E-state index contributed by atoms with van der Waals surface area (Å²) in [6.07, 6.45) is 7.21. The second kappa shape index (κ2) is 16.5. The maximum absolute atomic E-state index is 9.56. The van der Waals surface area contributed by atoms with Crippen molar-refractivity contribution < 1.29 is 16.4 Å². The molecule has 0 amide bonds. The molecule has 0 radical (unpaired) electrons. The molecule has 0 nitrogen and oxygen atoms in total. The third-order valence-corrected chi connectivity index (χ3v) is 38.0. The average molecular weight is 950 g/mol. The van der Waals surface area contributed by atoms with E-state index < -0.39 is 25.9 Å². The van der Waals surface area contributed by atoms with Gasteiger partial charge in [-0.05, 0) is 0 Å². The minimum atomic E-state index is -5.76. The van der Waals surface area contributed by atoms with Crippen molar-refractivity contribution in [3.63, 3.8) is 0 Å². The second-order valence-corrected chi connectivity index (χ2v) is 42.0. The van der Waals surface area contributed by atoms with Crippen molar-refractivity contribution in [1.29, 1.82) is 0 Å². The molecule has 0 saturated carbocycles. The zero-order valence-corrected chi connectivity index (χ0v) is 43.8. The summed E-state index contributed by atoms with van der Waals surface area (Å²) in [5.41, 5.74) is 21.6. The van der Waals surface area contributed by atoms with Crippen molar-refractivity contribution in [2.24, 2.45) is 11.8 Å². The molecule has 0 N–H and O–H groups in total. The van der Waals surface area contributed by atoms with E-state index >= 15 is 0 Å². The van der Waals surface area contributed by atoms with Gasteiger partial charge in [0.1, 0.15) is 0 Å². The first-order valence-electron chi connectivity index (χ1n) is 23.4. The van der Waals surface area contributed by atoms with Gasteiger partial charge in [-0.25, -0.2) is 0 Å². The molecule has 0 saturated heterocycles. The molecule has 6 aromatic carbocycles. The van der Waals surface area contributed by atoms with Gasteiger partial charge in [-0.2, -0.15) is 0 Å². The normalized spacial score (nSPS) is 18.5. The number of benzene rings is 6. The van der Waals surface area contributed by atoms with Crippen LogP contribution in [-0.4, -0.2) is 9.52 Å². The number of rotatable bonds is 11. The van der Waals surface area contributed by atoms with E-state index in [-0.39, 0.29) is 7.25 Å². The molecule has 1 aliphatic heterocycles. The predicted molar refractivity (Wildman–Crippen MR) is 273 cm³/mol. The van der Waals surface area contributed by atoms with Crippen molar-refractivity contribution in [2.45, 2.75) is 101 Å². The molecule has 2 aliphatic carbocycles. The SMILES string of the molecule is CCC(C)C1=Cc2c(ccc(C)c2-c2ccccc2C(C)C)[CH]1[Zr]([Cl])([Cl])([c]1cccc2c1[SiH2]c1ccccc1-2)[CH]1C(C(C)CC)=Cc2c1ccc(C)c2-c1ccccc1C(C)C. The molecule has 1 heterocycles. The zero-order chi connectivity index (χ0) is 43.9. The van der Waals surface area contributed by atoms with E-state index in [1.165, 1.54) is 103 Å². The number of hydrogen-bond donors (Lipinski definition) is 0. The Labute approximate surface area is 383 Å². The van der Waals surface area contributed by atoms with E-state index in [1.807, 2.05) is 0 Å². The van der Waals surface area contributed by atoms with Crippen molar-refractivity contribution in [1.82, 2.24) is 0 Å². The summed E-state index contributed by atoms with van der Waals surface area (Å²) >= 11 is -5.76. The van der Waals surface area contributed by atoms with Crippen LogP contribution >= 0.6 is 17.0 Å². The third kappa shape index (κ3) is 6.67. The quantitative estimate of drug-likeness (QED) is 0.113. The van der Waals surface area contributed by atoms with Crippen molar-refractivity contribution in [3.8, 4) is 33.4 Å². The van der Waals surface area contributed by atoms with Gasteiger partial charge in [-0.3, -0.25) is 0 Å². The fourth-order valence-corrected chi connectivity index (χ4v) is 39.9. The Morgan fingerprint density at radius 1 is 0.516 bits per heavy atom. The molecule has 0 aromatic heterocycles. The van der Waals surface area contributed by atoms with Crippen LogP contribution in [0, 0.1) is 25.7 Å². The Balaban J connectivity index is 1.42. The molecule has 0 spiro atoms. The van der Waals surface area contributed by atoms with Crippen LogP contribution in [0.1, 0.15) is 132 Å². The standard InChI is InChI=1S/2C23H27.C12H9Si.2ClH.Zr/c2*1-6-16(4)19-13-18-12-11-17(5)23(22(18)14-19)21-10-8-7-9-20(21)15(2)3;1-3-7-11-9(5-1)10-6-2-4-8-12(10)13-11;;;/h2*7-16H,6H2,1-5H3;1-7H,13H2;2*1H;/q;;;;;+2/p-2.